The van der Waals surface area contributed by atoms with Crippen molar-refractivity contribution in [1.29, 1.82) is 0 Å². The summed E-state index contributed by atoms with van der Waals surface area (Å²) < 4.78 is 5.29. The van der Waals surface area contributed by atoms with Gasteiger partial charge in [0.15, 0.2) is 6.61 Å². The molecule has 0 saturated carbocycles. The monoisotopic (exact) mass is 296 g/mol. The van der Waals surface area contributed by atoms with Crippen LogP contribution in [0, 0.1) is 0 Å². The molecule has 6 heteroatoms. The fraction of sp³-hybridized carbons (Fsp3) is 0.0769. The second kappa shape index (κ2) is 6.41. The molecule has 4 nitrogen and oxygen atoms in total. The second-order valence-electron chi connectivity index (χ2n) is 3.65. The third-order valence-electron chi connectivity index (χ3n) is 2.16. The molecule has 0 aliphatic carbocycles. The number of benzene rings is 1. The maximum atomic E-state index is 11.6. The van der Waals surface area contributed by atoms with Crippen LogP contribution in [-0.2, 0) is 4.79 Å². The third-order valence-corrected chi connectivity index (χ3v) is 2.63. The standard InChI is InChI=1S/C13H10Cl2N2O2/c14-9-2-1-3-11(6-9)19-8-13(18)17-12-7-10(15)4-5-16-12/h1-7H,8H2,(H,16,17,18). The summed E-state index contributed by atoms with van der Waals surface area (Å²) in [7, 11) is 0. The number of pyridine rings is 1. The summed E-state index contributed by atoms with van der Waals surface area (Å²) >= 11 is 11.6. The summed E-state index contributed by atoms with van der Waals surface area (Å²) in [6, 6.07) is 10.0. The van der Waals surface area contributed by atoms with Crippen LogP contribution in [0.5, 0.6) is 5.75 Å². The fourth-order valence-corrected chi connectivity index (χ4v) is 1.70. The number of hydrogen-bond acceptors (Lipinski definition) is 3. The minimum absolute atomic E-state index is 0.130. The highest BCUT2D eigenvalue weighted by Crippen LogP contribution is 2.17. The van der Waals surface area contributed by atoms with Crippen molar-refractivity contribution in [3.8, 4) is 5.75 Å². The highest BCUT2D eigenvalue weighted by molar-refractivity contribution is 6.31. The normalized spacial score (nSPS) is 10.0. The van der Waals surface area contributed by atoms with E-state index < -0.39 is 0 Å². The topological polar surface area (TPSA) is 51.2 Å². The summed E-state index contributed by atoms with van der Waals surface area (Å²) in [5.74, 6) is 0.587. The molecule has 0 aliphatic rings. The molecule has 98 valence electrons. The molecule has 0 radical (unpaired) electrons. The van der Waals surface area contributed by atoms with Crippen molar-refractivity contribution in [2.24, 2.45) is 0 Å². The van der Waals surface area contributed by atoms with Crippen LogP contribution in [0.25, 0.3) is 0 Å². The van der Waals surface area contributed by atoms with Crippen LogP contribution in [0.4, 0.5) is 5.82 Å². The minimum atomic E-state index is -0.324. The van der Waals surface area contributed by atoms with Gasteiger partial charge in [-0.05, 0) is 30.3 Å². The molecule has 1 aromatic carbocycles. The Morgan fingerprint density at radius 3 is 2.74 bits per heavy atom. The van der Waals surface area contributed by atoms with Crippen molar-refractivity contribution in [3.05, 3.63) is 52.6 Å². The van der Waals surface area contributed by atoms with Crippen LogP contribution in [-0.4, -0.2) is 17.5 Å². The molecular formula is C13H10Cl2N2O2. The smallest absolute Gasteiger partial charge is 0.263 e. The number of aromatic nitrogens is 1. The number of anilines is 1. The van der Waals surface area contributed by atoms with E-state index in [2.05, 4.69) is 10.3 Å². The van der Waals surface area contributed by atoms with Gasteiger partial charge < -0.3 is 10.1 Å². The zero-order valence-electron chi connectivity index (χ0n) is 9.77. The third kappa shape index (κ3) is 4.43. The molecule has 19 heavy (non-hydrogen) atoms. The highest BCUT2D eigenvalue weighted by Gasteiger charge is 2.05. The number of carbonyl (C=O) groups excluding carboxylic acids is 1. The van der Waals surface area contributed by atoms with E-state index in [1.807, 2.05) is 0 Å². The van der Waals surface area contributed by atoms with Gasteiger partial charge in [-0.2, -0.15) is 0 Å². The molecule has 0 unspecified atom stereocenters. The predicted octanol–water partition coefficient (Wildman–Crippen LogP) is 3.41. The first-order valence-electron chi connectivity index (χ1n) is 5.43. The van der Waals surface area contributed by atoms with Gasteiger partial charge in [-0.1, -0.05) is 29.3 Å². The van der Waals surface area contributed by atoms with Crippen LogP contribution in [0.15, 0.2) is 42.6 Å². The lowest BCUT2D eigenvalue weighted by molar-refractivity contribution is -0.118. The van der Waals surface area contributed by atoms with Crippen molar-refractivity contribution in [2.75, 3.05) is 11.9 Å². The maximum Gasteiger partial charge on any atom is 0.263 e. The molecule has 0 fully saturated rings. The van der Waals surface area contributed by atoms with Gasteiger partial charge in [-0.25, -0.2) is 4.98 Å². The van der Waals surface area contributed by atoms with Crippen LogP contribution in [0.2, 0.25) is 10.0 Å². The van der Waals surface area contributed by atoms with Gasteiger partial charge in [0.1, 0.15) is 11.6 Å². The molecule has 0 saturated heterocycles. The van der Waals surface area contributed by atoms with Crippen molar-refractivity contribution >= 4 is 34.9 Å². The van der Waals surface area contributed by atoms with E-state index in [1.165, 1.54) is 6.20 Å². The van der Waals surface area contributed by atoms with E-state index >= 15 is 0 Å². The van der Waals surface area contributed by atoms with Crippen LogP contribution in [0.1, 0.15) is 0 Å². The van der Waals surface area contributed by atoms with Crippen molar-refractivity contribution in [2.45, 2.75) is 0 Å². The molecular weight excluding hydrogens is 287 g/mol. The molecule has 1 N–H and O–H groups in total. The van der Waals surface area contributed by atoms with E-state index in [0.29, 0.717) is 21.6 Å². The number of hydrogen-bond donors (Lipinski definition) is 1. The van der Waals surface area contributed by atoms with E-state index in [4.69, 9.17) is 27.9 Å². The van der Waals surface area contributed by atoms with Gasteiger partial charge in [0.25, 0.3) is 5.91 Å². The first kappa shape index (κ1) is 13.6. The average Bonchev–Trinajstić information content (AvgIpc) is 2.36. The summed E-state index contributed by atoms with van der Waals surface area (Å²) in [5.41, 5.74) is 0. The minimum Gasteiger partial charge on any atom is -0.484 e. The number of halogens is 2. The summed E-state index contributed by atoms with van der Waals surface area (Å²) in [4.78, 5) is 15.6. The number of nitrogens with one attached hydrogen (secondary N) is 1. The Kier molecular flexibility index (Phi) is 4.60. The first-order valence-corrected chi connectivity index (χ1v) is 6.19. The number of carbonyl (C=O) groups is 1. The van der Waals surface area contributed by atoms with E-state index in [-0.39, 0.29) is 12.5 Å². The summed E-state index contributed by atoms with van der Waals surface area (Å²) in [6.07, 6.45) is 1.51. The van der Waals surface area contributed by atoms with Gasteiger partial charge >= 0.3 is 0 Å². The lowest BCUT2D eigenvalue weighted by Gasteiger charge is -2.07. The first-order chi connectivity index (χ1) is 9.13. The molecule has 0 spiro atoms. The number of nitrogens with zero attached hydrogens (tertiary/aromatic N) is 1. The van der Waals surface area contributed by atoms with E-state index in [0.717, 1.165) is 0 Å². The van der Waals surface area contributed by atoms with E-state index in [9.17, 15) is 4.79 Å². The molecule has 1 heterocycles. The Morgan fingerprint density at radius 2 is 2.00 bits per heavy atom. The van der Waals surface area contributed by atoms with Gasteiger partial charge in [0.05, 0.1) is 0 Å². The summed E-state index contributed by atoms with van der Waals surface area (Å²) in [6.45, 7) is -0.130. The zero-order chi connectivity index (χ0) is 13.7. The van der Waals surface area contributed by atoms with Crippen LogP contribution in [0.3, 0.4) is 0 Å². The largest absolute Gasteiger partial charge is 0.484 e. The molecule has 2 aromatic rings. The van der Waals surface area contributed by atoms with E-state index in [1.54, 1.807) is 36.4 Å². The average molecular weight is 297 g/mol. The zero-order valence-corrected chi connectivity index (χ0v) is 11.3. The molecule has 0 atom stereocenters. The molecule has 0 aliphatic heterocycles. The van der Waals surface area contributed by atoms with Crippen molar-refractivity contribution < 1.29 is 9.53 Å². The predicted molar refractivity (Wildman–Crippen MR) is 74.8 cm³/mol. The number of rotatable bonds is 4. The SMILES string of the molecule is O=C(COc1cccc(Cl)c1)Nc1cc(Cl)ccn1. The quantitative estimate of drug-likeness (QED) is 0.941. The van der Waals surface area contributed by atoms with Crippen molar-refractivity contribution in [3.63, 3.8) is 0 Å². The number of amides is 1. The van der Waals surface area contributed by atoms with Gasteiger partial charge in [-0.15, -0.1) is 0 Å². The molecule has 1 amide bonds. The Hall–Kier alpha value is -1.78. The van der Waals surface area contributed by atoms with Gasteiger partial charge in [-0.3, -0.25) is 4.79 Å². The molecule has 1 aromatic heterocycles. The lowest BCUT2D eigenvalue weighted by atomic mass is 10.3. The Balaban J connectivity index is 1.88. The second-order valence-corrected chi connectivity index (χ2v) is 4.53. The van der Waals surface area contributed by atoms with Gasteiger partial charge in [0, 0.05) is 16.2 Å². The van der Waals surface area contributed by atoms with Crippen molar-refractivity contribution in [1.82, 2.24) is 4.98 Å². The molecule has 2 rings (SSSR count). The lowest BCUT2D eigenvalue weighted by Crippen LogP contribution is -2.20. The molecule has 0 bridgehead atoms. The number of ether oxygens (including phenoxy) is 1. The summed E-state index contributed by atoms with van der Waals surface area (Å²) in [5, 5.41) is 3.63. The Labute approximate surface area is 120 Å². The Bertz CT molecular complexity index is 590. The Morgan fingerprint density at radius 1 is 1.21 bits per heavy atom. The fourth-order valence-electron chi connectivity index (χ4n) is 1.36. The van der Waals surface area contributed by atoms with Crippen LogP contribution >= 0.6 is 23.2 Å². The van der Waals surface area contributed by atoms with Gasteiger partial charge in [0.2, 0.25) is 0 Å². The maximum absolute atomic E-state index is 11.6. The highest BCUT2D eigenvalue weighted by atomic mass is 35.5. The van der Waals surface area contributed by atoms with Crippen LogP contribution < -0.4 is 10.1 Å².